The summed E-state index contributed by atoms with van der Waals surface area (Å²) in [6, 6.07) is 0.389. The Morgan fingerprint density at radius 1 is 1.26 bits per heavy atom. The fourth-order valence-corrected chi connectivity index (χ4v) is 3.81. The SMILES string of the molecule is O=C([C@@H]1CCCN1c1nccc(C(F)(F)F)n1)N1CCSCC1. The zero-order valence-corrected chi connectivity index (χ0v) is 13.2. The van der Waals surface area contributed by atoms with Crippen LogP contribution in [0.4, 0.5) is 19.1 Å². The Balaban J connectivity index is 1.80. The van der Waals surface area contributed by atoms with E-state index >= 15 is 0 Å². The number of carbonyl (C=O) groups is 1. The van der Waals surface area contributed by atoms with E-state index in [4.69, 9.17) is 0 Å². The topological polar surface area (TPSA) is 49.3 Å². The Morgan fingerprint density at radius 2 is 2.00 bits per heavy atom. The van der Waals surface area contributed by atoms with Crippen LogP contribution in [0, 0.1) is 0 Å². The fourth-order valence-electron chi connectivity index (χ4n) is 2.90. The minimum absolute atomic E-state index is 0.0120. The van der Waals surface area contributed by atoms with E-state index < -0.39 is 17.9 Å². The molecule has 1 atom stereocenters. The molecule has 5 nitrogen and oxygen atoms in total. The number of aromatic nitrogens is 2. The van der Waals surface area contributed by atoms with E-state index in [1.807, 2.05) is 0 Å². The molecule has 9 heteroatoms. The molecule has 1 aromatic rings. The molecule has 23 heavy (non-hydrogen) atoms. The summed E-state index contributed by atoms with van der Waals surface area (Å²) in [5.41, 5.74) is -0.977. The lowest BCUT2D eigenvalue weighted by Gasteiger charge is -2.32. The number of halogens is 3. The highest BCUT2D eigenvalue weighted by atomic mass is 32.2. The van der Waals surface area contributed by atoms with Crippen LogP contribution in [0.2, 0.25) is 0 Å². The third kappa shape index (κ3) is 3.54. The molecule has 2 aliphatic rings. The molecule has 0 radical (unpaired) electrons. The summed E-state index contributed by atoms with van der Waals surface area (Å²) in [5.74, 6) is 1.77. The Bertz CT molecular complexity index is 577. The minimum Gasteiger partial charge on any atom is -0.339 e. The van der Waals surface area contributed by atoms with Crippen molar-refractivity contribution < 1.29 is 18.0 Å². The lowest BCUT2D eigenvalue weighted by atomic mass is 10.2. The first kappa shape index (κ1) is 16.4. The van der Waals surface area contributed by atoms with Gasteiger partial charge in [-0.15, -0.1) is 0 Å². The molecule has 3 heterocycles. The number of carbonyl (C=O) groups excluding carboxylic acids is 1. The summed E-state index contributed by atoms with van der Waals surface area (Å²) < 4.78 is 38.4. The van der Waals surface area contributed by atoms with Crippen molar-refractivity contribution in [1.82, 2.24) is 14.9 Å². The molecule has 2 aliphatic heterocycles. The quantitative estimate of drug-likeness (QED) is 0.820. The van der Waals surface area contributed by atoms with Gasteiger partial charge in [0.25, 0.3) is 0 Å². The maximum atomic E-state index is 12.8. The average molecular weight is 346 g/mol. The lowest BCUT2D eigenvalue weighted by molar-refractivity contribution is -0.141. The second kappa shape index (κ2) is 6.54. The van der Waals surface area contributed by atoms with E-state index in [0.29, 0.717) is 26.1 Å². The van der Waals surface area contributed by atoms with Crippen molar-refractivity contribution in [1.29, 1.82) is 0 Å². The van der Waals surface area contributed by atoms with Crippen LogP contribution in [-0.4, -0.2) is 58.0 Å². The second-order valence-electron chi connectivity index (χ2n) is 5.53. The van der Waals surface area contributed by atoms with Gasteiger partial charge in [-0.1, -0.05) is 0 Å². The molecule has 126 valence electrons. The van der Waals surface area contributed by atoms with E-state index in [1.54, 1.807) is 21.6 Å². The fraction of sp³-hybridized carbons (Fsp3) is 0.643. The lowest BCUT2D eigenvalue weighted by Crippen LogP contribution is -2.49. The molecule has 0 N–H and O–H groups in total. The highest BCUT2D eigenvalue weighted by Gasteiger charge is 2.38. The van der Waals surface area contributed by atoms with Crippen LogP contribution in [0.1, 0.15) is 18.5 Å². The normalized spacial score (nSPS) is 22.5. The first-order chi connectivity index (χ1) is 11.0. The minimum atomic E-state index is -4.51. The zero-order chi connectivity index (χ0) is 16.4. The summed E-state index contributed by atoms with van der Waals surface area (Å²) in [6.07, 6.45) is -2.04. The molecule has 0 aromatic carbocycles. The Labute approximate surface area is 136 Å². The van der Waals surface area contributed by atoms with Crippen molar-refractivity contribution >= 4 is 23.6 Å². The molecule has 2 fully saturated rings. The van der Waals surface area contributed by atoms with Crippen LogP contribution in [0.3, 0.4) is 0 Å². The Hall–Kier alpha value is -1.51. The predicted octanol–water partition coefficient (Wildman–Crippen LogP) is 2.04. The summed E-state index contributed by atoms with van der Waals surface area (Å²) in [6.45, 7) is 1.88. The first-order valence-electron chi connectivity index (χ1n) is 7.50. The Morgan fingerprint density at radius 3 is 2.70 bits per heavy atom. The van der Waals surface area contributed by atoms with Gasteiger partial charge in [-0.25, -0.2) is 9.97 Å². The molecule has 0 unspecified atom stereocenters. The number of anilines is 1. The van der Waals surface area contributed by atoms with Crippen LogP contribution in [0.5, 0.6) is 0 Å². The van der Waals surface area contributed by atoms with Gasteiger partial charge in [0.2, 0.25) is 11.9 Å². The molecular weight excluding hydrogens is 329 g/mol. The highest BCUT2D eigenvalue weighted by molar-refractivity contribution is 7.99. The number of thioether (sulfide) groups is 1. The van der Waals surface area contributed by atoms with Crippen molar-refractivity contribution in [2.45, 2.75) is 25.1 Å². The maximum Gasteiger partial charge on any atom is 0.433 e. The van der Waals surface area contributed by atoms with Gasteiger partial charge in [0, 0.05) is 37.3 Å². The molecule has 0 spiro atoms. The number of hydrogen-bond acceptors (Lipinski definition) is 5. The number of amides is 1. The van der Waals surface area contributed by atoms with Crippen LogP contribution >= 0.6 is 11.8 Å². The molecule has 2 saturated heterocycles. The summed E-state index contributed by atoms with van der Waals surface area (Å²) >= 11 is 1.80. The van der Waals surface area contributed by atoms with Crippen molar-refractivity contribution in [3.8, 4) is 0 Å². The van der Waals surface area contributed by atoms with Crippen LogP contribution in [-0.2, 0) is 11.0 Å². The molecule has 1 amide bonds. The van der Waals surface area contributed by atoms with Gasteiger partial charge >= 0.3 is 6.18 Å². The molecule has 0 aliphatic carbocycles. The first-order valence-corrected chi connectivity index (χ1v) is 8.66. The molecule has 3 rings (SSSR count). The zero-order valence-electron chi connectivity index (χ0n) is 12.4. The van der Waals surface area contributed by atoms with Crippen molar-refractivity contribution in [2.24, 2.45) is 0 Å². The van der Waals surface area contributed by atoms with E-state index in [2.05, 4.69) is 9.97 Å². The number of nitrogens with zero attached hydrogens (tertiary/aromatic N) is 4. The van der Waals surface area contributed by atoms with Gasteiger partial charge in [0.15, 0.2) is 0 Å². The van der Waals surface area contributed by atoms with Crippen molar-refractivity contribution in [3.05, 3.63) is 18.0 Å². The molecule has 0 saturated carbocycles. The second-order valence-corrected chi connectivity index (χ2v) is 6.75. The van der Waals surface area contributed by atoms with Crippen LogP contribution < -0.4 is 4.90 Å². The van der Waals surface area contributed by atoms with Gasteiger partial charge in [-0.3, -0.25) is 4.79 Å². The van der Waals surface area contributed by atoms with Crippen molar-refractivity contribution in [3.63, 3.8) is 0 Å². The van der Waals surface area contributed by atoms with Crippen molar-refractivity contribution in [2.75, 3.05) is 36.0 Å². The smallest absolute Gasteiger partial charge is 0.339 e. The molecule has 0 bridgehead atoms. The standard InChI is InChI=1S/C14H17F3N4OS/c15-14(16,17)11-3-4-18-13(19-11)21-5-1-2-10(21)12(22)20-6-8-23-9-7-20/h3-4,10H,1-2,5-9H2/t10-/m0/s1. The Kier molecular flexibility index (Phi) is 4.65. The van der Waals surface area contributed by atoms with Gasteiger partial charge in [-0.2, -0.15) is 24.9 Å². The molecule has 1 aromatic heterocycles. The van der Waals surface area contributed by atoms with Gasteiger partial charge in [-0.05, 0) is 18.9 Å². The third-order valence-electron chi connectivity index (χ3n) is 4.05. The third-order valence-corrected chi connectivity index (χ3v) is 4.99. The monoisotopic (exact) mass is 346 g/mol. The maximum absolute atomic E-state index is 12.8. The predicted molar refractivity (Wildman–Crippen MR) is 81.3 cm³/mol. The van der Waals surface area contributed by atoms with E-state index in [9.17, 15) is 18.0 Å². The van der Waals surface area contributed by atoms with Gasteiger partial charge < -0.3 is 9.80 Å². The average Bonchev–Trinajstić information content (AvgIpc) is 3.04. The number of hydrogen-bond donors (Lipinski definition) is 0. The van der Waals surface area contributed by atoms with Crippen LogP contribution in [0.15, 0.2) is 12.3 Å². The van der Waals surface area contributed by atoms with Gasteiger partial charge in [0.05, 0.1) is 0 Å². The van der Waals surface area contributed by atoms with Gasteiger partial charge in [0.1, 0.15) is 11.7 Å². The summed E-state index contributed by atoms with van der Waals surface area (Å²) in [4.78, 5) is 23.6. The van der Waals surface area contributed by atoms with E-state index in [0.717, 1.165) is 30.2 Å². The summed E-state index contributed by atoms with van der Waals surface area (Å²) in [7, 11) is 0. The van der Waals surface area contributed by atoms with E-state index in [1.165, 1.54) is 0 Å². The highest BCUT2D eigenvalue weighted by Crippen LogP contribution is 2.30. The largest absolute Gasteiger partial charge is 0.433 e. The summed E-state index contributed by atoms with van der Waals surface area (Å²) in [5, 5.41) is 0. The van der Waals surface area contributed by atoms with E-state index in [-0.39, 0.29) is 11.9 Å². The number of alkyl halides is 3. The number of rotatable bonds is 2. The van der Waals surface area contributed by atoms with Crippen LogP contribution in [0.25, 0.3) is 0 Å². The molecular formula is C14H17F3N4OS.